The molecule has 0 aliphatic rings. The third-order valence-electron chi connectivity index (χ3n) is 8.76. The van der Waals surface area contributed by atoms with Gasteiger partial charge < -0.3 is 9.05 Å². The maximum atomic E-state index is 14.1. The van der Waals surface area contributed by atoms with E-state index in [1.165, 1.54) is 103 Å². The maximum absolute atomic E-state index is 14.1. The highest BCUT2D eigenvalue weighted by molar-refractivity contribution is 7.59. The third kappa shape index (κ3) is 21.9. The van der Waals surface area contributed by atoms with Gasteiger partial charge in [0.05, 0.1) is 0 Å². The van der Waals surface area contributed by atoms with Crippen molar-refractivity contribution >= 4 is 14.7 Å². The average molecular weight is 655 g/mol. The van der Waals surface area contributed by atoms with Crippen molar-refractivity contribution in [3.63, 3.8) is 0 Å². The van der Waals surface area contributed by atoms with Crippen LogP contribution >= 0.6 is 14.7 Å². The van der Waals surface area contributed by atoms with E-state index in [-0.39, 0.29) is 0 Å². The van der Waals surface area contributed by atoms with Crippen molar-refractivity contribution in [2.45, 2.75) is 182 Å². The minimum absolute atomic E-state index is 0.605. The molecule has 0 amide bonds. The molecule has 0 bridgehead atoms. The van der Waals surface area contributed by atoms with Crippen LogP contribution in [-0.2, 0) is 9.13 Å². The Kier molecular flexibility index (Phi) is 25.7. The molecule has 0 aliphatic carbocycles. The summed E-state index contributed by atoms with van der Waals surface area (Å²) in [4.78, 5) is 0. The van der Waals surface area contributed by atoms with Gasteiger partial charge in [-0.2, -0.15) is 0 Å². The van der Waals surface area contributed by atoms with Gasteiger partial charge in [-0.3, -0.25) is 9.13 Å². The quantitative estimate of drug-likeness (QED) is 0.0573. The molecule has 1 rings (SSSR count). The summed E-state index contributed by atoms with van der Waals surface area (Å²) in [5.74, 6) is 1.21. The van der Waals surface area contributed by atoms with E-state index in [2.05, 4.69) is 27.7 Å². The van der Waals surface area contributed by atoms with Gasteiger partial charge in [0.2, 0.25) is 14.7 Å². The largest absolute Gasteiger partial charge is 0.443 e. The normalized spacial score (nSPS) is 12.1. The van der Waals surface area contributed by atoms with Crippen LogP contribution in [0.15, 0.2) is 24.3 Å². The van der Waals surface area contributed by atoms with Crippen LogP contribution in [0.5, 0.6) is 11.5 Å². The molecule has 1 aromatic rings. The molecular weight excluding hydrogens is 582 g/mol. The predicted molar refractivity (Wildman–Crippen MR) is 196 cm³/mol. The monoisotopic (exact) mass is 654 g/mol. The Hall–Kier alpha value is -0.720. The molecule has 6 heteroatoms. The van der Waals surface area contributed by atoms with Crippen molar-refractivity contribution in [2.75, 3.05) is 24.6 Å². The molecule has 258 valence electrons. The van der Waals surface area contributed by atoms with Crippen molar-refractivity contribution in [1.82, 2.24) is 0 Å². The smallest absolute Gasteiger partial charge is 0.247 e. The van der Waals surface area contributed by atoms with E-state index < -0.39 is 14.7 Å². The van der Waals surface area contributed by atoms with Crippen LogP contribution in [0, 0.1) is 0 Å². The fourth-order valence-corrected chi connectivity index (χ4v) is 10.5. The molecule has 0 saturated heterocycles. The molecule has 0 fully saturated rings. The Morgan fingerprint density at radius 1 is 0.409 bits per heavy atom. The summed E-state index contributed by atoms with van der Waals surface area (Å²) in [6.07, 6.45) is 30.8. The zero-order valence-corrected chi connectivity index (χ0v) is 31.4. The molecule has 0 unspecified atom stereocenters. The number of hydrogen-bond donors (Lipinski definition) is 0. The van der Waals surface area contributed by atoms with Gasteiger partial charge in [-0.15, -0.1) is 0 Å². The summed E-state index contributed by atoms with van der Waals surface area (Å²) in [5, 5.41) is 0. The van der Waals surface area contributed by atoms with Crippen molar-refractivity contribution in [1.29, 1.82) is 0 Å². The Morgan fingerprint density at radius 2 is 0.659 bits per heavy atom. The Bertz CT molecular complexity index is 780. The number of hydrogen-bond acceptors (Lipinski definition) is 4. The molecule has 44 heavy (non-hydrogen) atoms. The second kappa shape index (κ2) is 27.4. The summed E-state index contributed by atoms with van der Waals surface area (Å²) in [6.45, 7) is 8.95. The summed E-state index contributed by atoms with van der Waals surface area (Å²) >= 11 is 0. The van der Waals surface area contributed by atoms with Gasteiger partial charge in [0.25, 0.3) is 0 Å². The third-order valence-corrected chi connectivity index (χ3v) is 13.8. The van der Waals surface area contributed by atoms with Crippen LogP contribution in [0.4, 0.5) is 0 Å². The van der Waals surface area contributed by atoms with E-state index in [1.54, 1.807) is 0 Å². The lowest BCUT2D eigenvalue weighted by atomic mass is 10.1. The van der Waals surface area contributed by atoms with E-state index in [9.17, 15) is 9.13 Å². The molecule has 0 N–H and O–H groups in total. The first-order valence-electron chi connectivity index (χ1n) is 19.1. The van der Waals surface area contributed by atoms with Gasteiger partial charge in [-0.25, -0.2) is 0 Å². The van der Waals surface area contributed by atoms with E-state index in [1.807, 2.05) is 24.3 Å². The molecular formula is C38H72O4P2. The van der Waals surface area contributed by atoms with Crippen molar-refractivity contribution in [3.8, 4) is 11.5 Å². The van der Waals surface area contributed by atoms with E-state index in [0.717, 1.165) is 51.4 Å². The van der Waals surface area contributed by atoms with Crippen molar-refractivity contribution < 1.29 is 18.2 Å². The molecule has 0 heterocycles. The zero-order chi connectivity index (χ0) is 32.2. The number of rotatable bonds is 32. The van der Waals surface area contributed by atoms with Gasteiger partial charge >= 0.3 is 0 Å². The van der Waals surface area contributed by atoms with Gasteiger partial charge in [0.1, 0.15) is 11.5 Å². The lowest BCUT2D eigenvalue weighted by molar-refractivity contribution is 0.463. The van der Waals surface area contributed by atoms with Crippen LogP contribution in [0.2, 0.25) is 0 Å². The Morgan fingerprint density at radius 3 is 0.932 bits per heavy atom. The van der Waals surface area contributed by atoms with Gasteiger partial charge in [-0.05, 0) is 37.8 Å². The van der Waals surface area contributed by atoms with Crippen LogP contribution in [0.3, 0.4) is 0 Å². The second-order valence-corrected chi connectivity index (χ2v) is 18.7. The Balaban J connectivity index is 2.87. The number of unbranched alkanes of at least 4 members (excludes halogenated alkanes) is 20. The molecule has 0 atom stereocenters. The highest BCUT2D eigenvalue weighted by atomic mass is 31.2. The van der Waals surface area contributed by atoms with Crippen molar-refractivity contribution in [2.24, 2.45) is 0 Å². The molecule has 0 aromatic heterocycles. The summed E-state index contributed by atoms with van der Waals surface area (Å²) in [6, 6.07) is 7.55. The summed E-state index contributed by atoms with van der Waals surface area (Å²) < 4.78 is 41.0. The van der Waals surface area contributed by atoms with E-state index >= 15 is 0 Å². The molecule has 0 radical (unpaired) electrons. The highest BCUT2D eigenvalue weighted by Gasteiger charge is 2.26. The lowest BCUT2D eigenvalue weighted by Crippen LogP contribution is -2.05. The molecule has 0 saturated carbocycles. The average Bonchev–Trinajstić information content (AvgIpc) is 3.00. The zero-order valence-electron chi connectivity index (χ0n) is 29.6. The number of benzene rings is 1. The second-order valence-electron chi connectivity index (χ2n) is 13.3. The van der Waals surface area contributed by atoms with Crippen LogP contribution in [0.1, 0.15) is 182 Å². The standard InChI is InChI=1S/C38H72O4P2/c1-5-9-13-17-21-25-32-43(39,33-26-22-18-14-10-6-2)41-37-30-29-31-38(36-37)42-44(40,34-27-23-19-15-11-7-3)35-28-24-20-16-12-8-4/h29-31,36H,5-28,32-35H2,1-4H3. The van der Waals surface area contributed by atoms with Crippen LogP contribution in [-0.4, -0.2) is 24.6 Å². The Labute approximate surface area is 274 Å². The topological polar surface area (TPSA) is 52.6 Å². The summed E-state index contributed by atoms with van der Waals surface area (Å²) in [7, 11) is -5.62. The van der Waals surface area contributed by atoms with Gasteiger partial charge in [0.15, 0.2) is 0 Å². The molecule has 1 aromatic carbocycles. The lowest BCUT2D eigenvalue weighted by Gasteiger charge is -2.22. The van der Waals surface area contributed by atoms with E-state index in [4.69, 9.17) is 9.05 Å². The SMILES string of the molecule is CCCCCCCCP(=O)(CCCCCCCC)Oc1cccc(OP(=O)(CCCCCCCC)CCCCCCCC)c1. The first kappa shape index (κ1) is 41.3. The predicted octanol–water partition coefficient (Wildman–Crippen LogP) is 14.4. The molecule has 0 spiro atoms. The van der Waals surface area contributed by atoms with Crippen LogP contribution < -0.4 is 9.05 Å². The first-order chi connectivity index (χ1) is 21.4. The first-order valence-corrected chi connectivity index (χ1v) is 23.0. The molecule has 4 nitrogen and oxygen atoms in total. The van der Waals surface area contributed by atoms with Gasteiger partial charge in [0, 0.05) is 30.7 Å². The maximum Gasteiger partial charge on any atom is 0.247 e. The summed E-state index contributed by atoms with van der Waals surface area (Å²) in [5.41, 5.74) is 0. The fourth-order valence-electron chi connectivity index (χ4n) is 5.91. The van der Waals surface area contributed by atoms with Crippen LogP contribution in [0.25, 0.3) is 0 Å². The highest BCUT2D eigenvalue weighted by Crippen LogP contribution is 2.52. The van der Waals surface area contributed by atoms with E-state index in [0.29, 0.717) is 36.1 Å². The van der Waals surface area contributed by atoms with Gasteiger partial charge in [-0.1, -0.05) is 162 Å². The minimum Gasteiger partial charge on any atom is -0.443 e. The fraction of sp³-hybridized carbons (Fsp3) is 0.842. The van der Waals surface area contributed by atoms with Crippen molar-refractivity contribution in [3.05, 3.63) is 24.3 Å². The minimum atomic E-state index is -2.81. The molecule has 0 aliphatic heterocycles.